The summed E-state index contributed by atoms with van der Waals surface area (Å²) >= 11 is 5.92. The van der Waals surface area contributed by atoms with E-state index in [1.807, 2.05) is 0 Å². The Labute approximate surface area is 182 Å². The smallest absolute Gasteiger partial charge is 0.310 e. The number of amides is 2. The average Bonchev–Trinajstić information content (AvgIpc) is 2.74. The normalized spacial score (nSPS) is 11.3. The molecule has 158 valence electrons. The molecule has 0 saturated carbocycles. The maximum absolute atomic E-state index is 12.5. The summed E-state index contributed by atoms with van der Waals surface area (Å²) < 4.78 is 5.46. The Balaban J connectivity index is 1.67. The highest BCUT2D eigenvalue weighted by molar-refractivity contribution is 6.31. The third kappa shape index (κ3) is 5.80. The molecule has 0 saturated heterocycles. The van der Waals surface area contributed by atoms with E-state index in [4.69, 9.17) is 16.3 Å². The van der Waals surface area contributed by atoms with Gasteiger partial charge in [0, 0.05) is 28.0 Å². The van der Waals surface area contributed by atoms with Crippen LogP contribution in [0.25, 0.3) is 0 Å². The molecule has 0 spiro atoms. The fraction of sp³-hybridized carbons (Fsp3) is 0.0909. The predicted molar refractivity (Wildman–Crippen MR) is 118 cm³/mol. The first kappa shape index (κ1) is 21.8. The molecule has 0 aliphatic carbocycles. The lowest BCUT2D eigenvalue weighted by Crippen LogP contribution is -2.30. The molecule has 1 atom stereocenters. The van der Waals surface area contributed by atoms with E-state index in [0.717, 1.165) is 0 Å². The Bertz CT molecular complexity index is 1140. The molecule has 3 aromatic rings. The minimum absolute atomic E-state index is 0.00944. The van der Waals surface area contributed by atoms with Crippen LogP contribution in [0, 0.1) is 10.1 Å². The van der Waals surface area contributed by atoms with E-state index in [-0.39, 0.29) is 17.3 Å². The van der Waals surface area contributed by atoms with Crippen molar-refractivity contribution in [2.75, 3.05) is 10.6 Å². The zero-order valence-corrected chi connectivity index (χ0v) is 17.1. The largest absolute Gasteiger partial charge is 0.474 e. The fourth-order valence-corrected chi connectivity index (χ4v) is 2.89. The van der Waals surface area contributed by atoms with Crippen LogP contribution in [-0.4, -0.2) is 22.8 Å². The summed E-state index contributed by atoms with van der Waals surface area (Å²) in [7, 11) is 0. The van der Waals surface area contributed by atoms with E-state index in [2.05, 4.69) is 10.6 Å². The van der Waals surface area contributed by atoms with E-state index >= 15 is 0 Å². The summed E-state index contributed by atoms with van der Waals surface area (Å²) in [6.45, 7) is 1.47. The van der Waals surface area contributed by atoms with Gasteiger partial charge in [-0.3, -0.25) is 19.7 Å². The summed E-state index contributed by atoms with van der Waals surface area (Å²) in [6, 6.07) is 18.9. The van der Waals surface area contributed by atoms with Crippen molar-refractivity contribution >= 4 is 40.5 Å². The van der Waals surface area contributed by atoms with E-state index in [1.165, 1.54) is 31.2 Å². The van der Waals surface area contributed by atoms with Gasteiger partial charge in [-0.05, 0) is 49.4 Å². The number of carbonyl (C=O) groups is 2. The number of anilines is 2. The molecule has 3 aromatic carbocycles. The van der Waals surface area contributed by atoms with Crippen molar-refractivity contribution in [3.8, 4) is 5.75 Å². The number of nitro groups is 1. The Morgan fingerprint density at radius 3 is 2.35 bits per heavy atom. The predicted octanol–water partition coefficient (Wildman–Crippen LogP) is 4.91. The Morgan fingerprint density at radius 2 is 1.65 bits per heavy atom. The maximum Gasteiger partial charge on any atom is 0.310 e. The molecule has 31 heavy (non-hydrogen) atoms. The van der Waals surface area contributed by atoms with Gasteiger partial charge in [0.05, 0.1) is 4.92 Å². The number of nitrogens with zero attached hydrogens (tertiary/aromatic N) is 1. The van der Waals surface area contributed by atoms with Gasteiger partial charge in [-0.15, -0.1) is 0 Å². The Hall–Kier alpha value is -3.91. The molecule has 9 heteroatoms. The number of ether oxygens (including phenoxy) is 1. The van der Waals surface area contributed by atoms with Crippen LogP contribution in [-0.2, 0) is 4.79 Å². The number of rotatable bonds is 7. The Morgan fingerprint density at radius 1 is 0.968 bits per heavy atom. The maximum atomic E-state index is 12.5. The third-order valence-electron chi connectivity index (χ3n) is 4.21. The van der Waals surface area contributed by atoms with Crippen molar-refractivity contribution in [3.05, 3.63) is 93.5 Å². The first-order valence-electron chi connectivity index (χ1n) is 9.21. The minimum Gasteiger partial charge on any atom is -0.474 e. The zero-order valence-electron chi connectivity index (χ0n) is 16.4. The van der Waals surface area contributed by atoms with Crippen molar-refractivity contribution in [1.29, 1.82) is 0 Å². The van der Waals surface area contributed by atoms with Gasteiger partial charge < -0.3 is 15.4 Å². The lowest BCUT2D eigenvalue weighted by Gasteiger charge is -2.15. The SMILES string of the molecule is CC(Oc1ccccc1[N+](=O)[O-])C(=O)Nc1cccc(C(=O)Nc2cccc(Cl)c2)c1. The zero-order chi connectivity index (χ0) is 22.4. The number of benzene rings is 3. The molecule has 8 nitrogen and oxygen atoms in total. The summed E-state index contributed by atoms with van der Waals surface area (Å²) in [4.78, 5) is 35.5. The average molecular weight is 440 g/mol. The number of nitro benzene ring substituents is 1. The van der Waals surface area contributed by atoms with Crippen LogP contribution in [0.3, 0.4) is 0 Å². The summed E-state index contributed by atoms with van der Waals surface area (Å²) in [5.74, 6) is -0.905. The van der Waals surface area contributed by atoms with Gasteiger partial charge >= 0.3 is 5.69 Å². The molecular weight excluding hydrogens is 422 g/mol. The van der Waals surface area contributed by atoms with Crippen LogP contribution in [0.1, 0.15) is 17.3 Å². The van der Waals surface area contributed by atoms with E-state index in [9.17, 15) is 19.7 Å². The first-order chi connectivity index (χ1) is 14.8. The summed E-state index contributed by atoms with van der Waals surface area (Å²) in [5.41, 5.74) is 1.01. The molecule has 1 unspecified atom stereocenters. The molecule has 0 fully saturated rings. The monoisotopic (exact) mass is 439 g/mol. The van der Waals surface area contributed by atoms with Crippen LogP contribution in [0.15, 0.2) is 72.8 Å². The first-order valence-corrected chi connectivity index (χ1v) is 9.59. The van der Waals surface area contributed by atoms with Gasteiger partial charge in [0.2, 0.25) is 0 Å². The Kier molecular flexibility index (Phi) is 6.84. The second-order valence-corrected chi connectivity index (χ2v) is 6.96. The van der Waals surface area contributed by atoms with Crippen molar-refractivity contribution < 1.29 is 19.2 Å². The highest BCUT2D eigenvalue weighted by atomic mass is 35.5. The molecule has 0 aliphatic rings. The number of nitrogens with one attached hydrogen (secondary N) is 2. The van der Waals surface area contributed by atoms with Gasteiger partial charge in [0.25, 0.3) is 11.8 Å². The molecule has 0 aliphatic heterocycles. The van der Waals surface area contributed by atoms with Crippen LogP contribution in [0.4, 0.5) is 17.1 Å². The molecule has 3 rings (SSSR count). The van der Waals surface area contributed by atoms with Gasteiger partial charge in [-0.1, -0.05) is 35.9 Å². The highest BCUT2D eigenvalue weighted by Crippen LogP contribution is 2.27. The second-order valence-electron chi connectivity index (χ2n) is 6.52. The standard InChI is InChI=1S/C22H18ClN3O5/c1-14(31-20-11-3-2-10-19(20)26(29)30)21(27)24-17-8-4-6-15(12-17)22(28)25-18-9-5-7-16(23)13-18/h2-14H,1H3,(H,24,27)(H,25,28). The lowest BCUT2D eigenvalue weighted by molar-refractivity contribution is -0.386. The number of hydrogen-bond acceptors (Lipinski definition) is 5. The van der Waals surface area contributed by atoms with Gasteiger partial charge in [-0.2, -0.15) is 0 Å². The molecule has 0 aromatic heterocycles. The molecule has 2 N–H and O–H groups in total. The fourth-order valence-electron chi connectivity index (χ4n) is 2.70. The topological polar surface area (TPSA) is 111 Å². The van der Waals surface area contributed by atoms with E-state index in [0.29, 0.717) is 22.0 Å². The number of carbonyl (C=O) groups excluding carboxylic acids is 2. The number of para-hydroxylation sites is 2. The molecule has 2 amide bonds. The quantitative estimate of drug-likeness (QED) is 0.401. The summed E-state index contributed by atoms with van der Waals surface area (Å²) in [6.07, 6.45) is -1.01. The van der Waals surface area contributed by atoms with Gasteiger partial charge in [0.1, 0.15) is 0 Å². The van der Waals surface area contributed by atoms with Crippen LogP contribution >= 0.6 is 11.6 Å². The summed E-state index contributed by atoms with van der Waals surface area (Å²) in [5, 5.41) is 17.0. The van der Waals surface area contributed by atoms with Crippen molar-refractivity contribution in [2.24, 2.45) is 0 Å². The van der Waals surface area contributed by atoms with Gasteiger partial charge in [0.15, 0.2) is 11.9 Å². The third-order valence-corrected chi connectivity index (χ3v) is 4.44. The molecular formula is C22H18ClN3O5. The molecule has 0 heterocycles. The second kappa shape index (κ2) is 9.73. The minimum atomic E-state index is -1.01. The lowest BCUT2D eigenvalue weighted by atomic mass is 10.1. The van der Waals surface area contributed by atoms with Crippen LogP contribution in [0.2, 0.25) is 5.02 Å². The van der Waals surface area contributed by atoms with E-state index < -0.39 is 16.9 Å². The van der Waals surface area contributed by atoms with E-state index in [1.54, 1.807) is 48.5 Å². The highest BCUT2D eigenvalue weighted by Gasteiger charge is 2.21. The van der Waals surface area contributed by atoms with Gasteiger partial charge in [-0.25, -0.2) is 0 Å². The number of hydrogen-bond donors (Lipinski definition) is 2. The molecule has 0 radical (unpaired) electrons. The van der Waals surface area contributed by atoms with Crippen LogP contribution < -0.4 is 15.4 Å². The van der Waals surface area contributed by atoms with Crippen molar-refractivity contribution in [3.63, 3.8) is 0 Å². The van der Waals surface area contributed by atoms with Crippen molar-refractivity contribution in [1.82, 2.24) is 0 Å². The van der Waals surface area contributed by atoms with Crippen molar-refractivity contribution in [2.45, 2.75) is 13.0 Å². The number of halogens is 1. The molecule has 0 bridgehead atoms. The van der Waals surface area contributed by atoms with Crippen LogP contribution in [0.5, 0.6) is 5.75 Å².